The van der Waals surface area contributed by atoms with Crippen LogP contribution in [-0.4, -0.2) is 38.8 Å². The van der Waals surface area contributed by atoms with Crippen molar-refractivity contribution in [3.05, 3.63) is 0 Å². The topological polar surface area (TPSA) is 74.2 Å². The van der Waals surface area contributed by atoms with Gasteiger partial charge < -0.3 is 15.4 Å². The molecule has 0 aromatic heterocycles. The van der Waals surface area contributed by atoms with Crippen LogP contribution in [0.4, 0.5) is 0 Å². The third-order valence-corrected chi connectivity index (χ3v) is 2.12. The number of methoxy groups -OCH3 is 1. The molecule has 0 aromatic rings. The molecule has 0 heterocycles. The highest BCUT2D eigenvalue weighted by Gasteiger charge is 2.08. The minimum absolute atomic E-state index is 0.0764. The van der Waals surface area contributed by atoms with Crippen LogP contribution in [0.2, 0.25) is 0 Å². The van der Waals surface area contributed by atoms with Crippen molar-refractivity contribution in [2.45, 2.75) is 32.2 Å². The molecule has 16 heavy (non-hydrogen) atoms. The molecule has 92 valence electrons. The van der Waals surface area contributed by atoms with Gasteiger partial charge in [0.25, 0.3) is 0 Å². The van der Waals surface area contributed by atoms with E-state index in [-0.39, 0.29) is 18.5 Å². The Labute approximate surface area is 97.2 Å². The summed E-state index contributed by atoms with van der Waals surface area (Å²) in [5.74, 6) is -0.0764. The molecular weight excluding hydrogens is 206 g/mol. The third-order valence-electron chi connectivity index (χ3n) is 2.12. The van der Waals surface area contributed by atoms with Crippen molar-refractivity contribution in [2.75, 3.05) is 26.8 Å². The van der Waals surface area contributed by atoms with Gasteiger partial charge in [-0.25, -0.2) is 0 Å². The highest BCUT2D eigenvalue weighted by Crippen LogP contribution is 1.96. The molecule has 1 amide bonds. The van der Waals surface area contributed by atoms with E-state index in [0.29, 0.717) is 19.6 Å². The van der Waals surface area contributed by atoms with Crippen molar-refractivity contribution < 1.29 is 9.53 Å². The molecule has 2 N–H and O–H groups in total. The van der Waals surface area contributed by atoms with Gasteiger partial charge in [0.2, 0.25) is 5.91 Å². The fraction of sp³-hybridized carbons (Fsp3) is 0.818. The maximum atomic E-state index is 11.3. The second kappa shape index (κ2) is 10.4. The number of carbonyl (C=O) groups excluding carboxylic acids is 1. The van der Waals surface area contributed by atoms with Crippen LogP contribution in [0.15, 0.2) is 0 Å². The van der Waals surface area contributed by atoms with Crippen LogP contribution in [0, 0.1) is 11.3 Å². The lowest BCUT2D eigenvalue weighted by molar-refractivity contribution is -0.120. The van der Waals surface area contributed by atoms with Gasteiger partial charge in [-0.15, -0.1) is 0 Å². The molecule has 0 aliphatic heterocycles. The largest absolute Gasteiger partial charge is 0.383 e. The standard InChI is InChI=1S/C11H21N3O2/c1-3-5-10(9-16-2)14-8-11(15)13-7-4-6-12/h10,14H,3-5,7-9H2,1-2H3,(H,13,15). The van der Waals surface area contributed by atoms with Gasteiger partial charge in [-0.2, -0.15) is 5.26 Å². The second-order valence-electron chi connectivity index (χ2n) is 3.58. The maximum Gasteiger partial charge on any atom is 0.234 e. The van der Waals surface area contributed by atoms with Crippen molar-refractivity contribution >= 4 is 5.91 Å². The minimum atomic E-state index is -0.0764. The molecule has 0 saturated carbocycles. The van der Waals surface area contributed by atoms with E-state index in [2.05, 4.69) is 17.6 Å². The van der Waals surface area contributed by atoms with Crippen LogP contribution in [-0.2, 0) is 9.53 Å². The van der Waals surface area contributed by atoms with Gasteiger partial charge >= 0.3 is 0 Å². The Morgan fingerprint density at radius 2 is 2.31 bits per heavy atom. The number of nitriles is 1. The third kappa shape index (κ3) is 8.21. The van der Waals surface area contributed by atoms with Crippen molar-refractivity contribution in [1.82, 2.24) is 10.6 Å². The molecule has 0 radical (unpaired) electrons. The minimum Gasteiger partial charge on any atom is -0.383 e. The highest BCUT2D eigenvalue weighted by atomic mass is 16.5. The van der Waals surface area contributed by atoms with E-state index in [4.69, 9.17) is 10.00 Å². The number of hydrogen-bond acceptors (Lipinski definition) is 4. The SMILES string of the molecule is CCCC(COC)NCC(=O)NCCC#N. The van der Waals surface area contributed by atoms with Gasteiger partial charge in [0.15, 0.2) is 0 Å². The van der Waals surface area contributed by atoms with Gasteiger partial charge in [-0.05, 0) is 6.42 Å². The Balaban J connectivity index is 3.65. The first-order chi connectivity index (χ1) is 7.74. The highest BCUT2D eigenvalue weighted by molar-refractivity contribution is 5.77. The van der Waals surface area contributed by atoms with Gasteiger partial charge in [-0.1, -0.05) is 13.3 Å². The first-order valence-electron chi connectivity index (χ1n) is 5.60. The molecule has 0 aliphatic carbocycles. The Hall–Kier alpha value is -1.12. The molecule has 0 saturated heterocycles. The van der Waals surface area contributed by atoms with E-state index in [1.165, 1.54) is 0 Å². The molecule has 1 atom stereocenters. The van der Waals surface area contributed by atoms with Crippen LogP contribution in [0.1, 0.15) is 26.2 Å². The summed E-state index contributed by atoms with van der Waals surface area (Å²) < 4.78 is 5.05. The predicted molar refractivity (Wildman–Crippen MR) is 61.8 cm³/mol. The predicted octanol–water partition coefficient (Wildman–Crippen LogP) is 0.421. The van der Waals surface area contributed by atoms with Crippen molar-refractivity contribution in [2.24, 2.45) is 0 Å². The number of nitrogens with one attached hydrogen (secondary N) is 2. The Bertz CT molecular complexity index is 220. The van der Waals surface area contributed by atoms with E-state index in [1.807, 2.05) is 6.07 Å². The normalized spacial score (nSPS) is 11.8. The number of amides is 1. The molecule has 0 bridgehead atoms. The molecule has 0 spiro atoms. The molecular formula is C11H21N3O2. The van der Waals surface area contributed by atoms with Crippen LogP contribution in [0.5, 0.6) is 0 Å². The fourth-order valence-electron chi connectivity index (χ4n) is 1.35. The van der Waals surface area contributed by atoms with Crippen LogP contribution < -0.4 is 10.6 Å². The van der Waals surface area contributed by atoms with E-state index in [9.17, 15) is 4.79 Å². The Morgan fingerprint density at radius 3 is 2.88 bits per heavy atom. The first-order valence-corrected chi connectivity index (χ1v) is 5.60. The summed E-state index contributed by atoms with van der Waals surface area (Å²) in [6.45, 7) is 3.40. The molecule has 0 aliphatic rings. The number of ether oxygens (including phenoxy) is 1. The van der Waals surface area contributed by atoms with Gasteiger partial charge in [0.1, 0.15) is 0 Å². The molecule has 5 heteroatoms. The van der Waals surface area contributed by atoms with Crippen LogP contribution in [0.3, 0.4) is 0 Å². The Morgan fingerprint density at radius 1 is 1.56 bits per heavy atom. The molecule has 0 rings (SSSR count). The second-order valence-corrected chi connectivity index (χ2v) is 3.58. The maximum absolute atomic E-state index is 11.3. The summed E-state index contributed by atoms with van der Waals surface area (Å²) in [6, 6.07) is 2.19. The monoisotopic (exact) mass is 227 g/mol. The average molecular weight is 227 g/mol. The van der Waals surface area contributed by atoms with Crippen LogP contribution >= 0.6 is 0 Å². The van der Waals surface area contributed by atoms with E-state index in [0.717, 1.165) is 12.8 Å². The number of nitrogens with zero attached hydrogens (tertiary/aromatic N) is 1. The lowest BCUT2D eigenvalue weighted by atomic mass is 10.2. The zero-order valence-electron chi connectivity index (χ0n) is 10.1. The summed E-state index contributed by atoms with van der Waals surface area (Å²) in [6.07, 6.45) is 2.39. The summed E-state index contributed by atoms with van der Waals surface area (Å²) in [7, 11) is 1.65. The summed E-state index contributed by atoms with van der Waals surface area (Å²) in [5, 5.41) is 14.1. The number of hydrogen-bond donors (Lipinski definition) is 2. The van der Waals surface area contributed by atoms with E-state index in [1.54, 1.807) is 7.11 Å². The van der Waals surface area contributed by atoms with Crippen molar-refractivity contribution in [3.63, 3.8) is 0 Å². The lowest BCUT2D eigenvalue weighted by Crippen LogP contribution is -2.41. The molecule has 5 nitrogen and oxygen atoms in total. The van der Waals surface area contributed by atoms with Crippen molar-refractivity contribution in [1.29, 1.82) is 5.26 Å². The summed E-state index contributed by atoms with van der Waals surface area (Å²) >= 11 is 0. The van der Waals surface area contributed by atoms with E-state index >= 15 is 0 Å². The van der Waals surface area contributed by atoms with Gasteiger partial charge in [0.05, 0.1) is 25.6 Å². The Kier molecular flexibility index (Phi) is 9.67. The number of rotatable bonds is 9. The zero-order chi connectivity index (χ0) is 12.2. The van der Waals surface area contributed by atoms with Gasteiger partial charge in [-0.3, -0.25) is 4.79 Å². The first kappa shape index (κ1) is 14.9. The molecule has 1 unspecified atom stereocenters. The zero-order valence-corrected chi connectivity index (χ0v) is 10.1. The van der Waals surface area contributed by atoms with E-state index < -0.39 is 0 Å². The smallest absolute Gasteiger partial charge is 0.234 e. The molecule has 0 aromatic carbocycles. The number of carbonyl (C=O) groups is 1. The summed E-state index contributed by atoms with van der Waals surface area (Å²) in [4.78, 5) is 11.3. The van der Waals surface area contributed by atoms with Gasteiger partial charge in [0, 0.05) is 19.7 Å². The quantitative estimate of drug-likeness (QED) is 0.560. The van der Waals surface area contributed by atoms with Crippen LogP contribution in [0.25, 0.3) is 0 Å². The van der Waals surface area contributed by atoms with Crippen molar-refractivity contribution in [3.8, 4) is 6.07 Å². The molecule has 0 fully saturated rings. The summed E-state index contributed by atoms with van der Waals surface area (Å²) in [5.41, 5.74) is 0. The fourth-order valence-corrected chi connectivity index (χ4v) is 1.35. The lowest BCUT2D eigenvalue weighted by Gasteiger charge is -2.16. The average Bonchev–Trinajstić information content (AvgIpc) is 2.27.